The third-order valence-corrected chi connectivity index (χ3v) is 3.86. The number of hydrogen-bond donors (Lipinski definition) is 1. The van der Waals surface area contributed by atoms with Crippen molar-refractivity contribution in [1.82, 2.24) is 20.0 Å². The molecule has 2 amide bonds. The summed E-state index contributed by atoms with van der Waals surface area (Å²) in [7, 11) is 3.16. The number of alkyl halides is 2. The predicted octanol–water partition coefficient (Wildman–Crippen LogP) is 2.46. The molecule has 0 radical (unpaired) electrons. The van der Waals surface area contributed by atoms with E-state index < -0.39 is 6.55 Å². The Kier molecular flexibility index (Phi) is 5.84. The van der Waals surface area contributed by atoms with Crippen molar-refractivity contribution in [2.45, 2.75) is 19.9 Å². The highest BCUT2D eigenvalue weighted by Gasteiger charge is 2.15. The molecule has 0 fully saturated rings. The quantitative estimate of drug-likeness (QED) is 0.870. The lowest BCUT2D eigenvalue weighted by atomic mass is 10.0. The van der Waals surface area contributed by atoms with Gasteiger partial charge in [0.2, 0.25) is 5.91 Å². The number of nitrogens with zero attached hydrogens (tertiary/aromatic N) is 3. The first-order chi connectivity index (χ1) is 11.8. The van der Waals surface area contributed by atoms with Crippen molar-refractivity contribution in [2.24, 2.45) is 0 Å². The molecule has 0 aliphatic carbocycles. The van der Waals surface area contributed by atoms with Gasteiger partial charge in [0.25, 0.3) is 5.91 Å². The lowest BCUT2D eigenvalue weighted by Crippen LogP contribution is -2.31. The number of rotatable bonds is 6. The van der Waals surface area contributed by atoms with Gasteiger partial charge in [0, 0.05) is 44.4 Å². The van der Waals surface area contributed by atoms with Crippen LogP contribution < -0.4 is 5.32 Å². The van der Waals surface area contributed by atoms with Crippen molar-refractivity contribution in [3.63, 3.8) is 0 Å². The summed E-state index contributed by atoms with van der Waals surface area (Å²) in [5.74, 6) is -0.350. The van der Waals surface area contributed by atoms with Crippen LogP contribution in [0, 0.1) is 6.92 Å². The first-order valence-electron chi connectivity index (χ1n) is 7.74. The number of hydrogen-bond acceptors (Lipinski definition) is 3. The number of nitrogens with one attached hydrogen (secondary N) is 1. The zero-order valence-electron chi connectivity index (χ0n) is 14.3. The fraction of sp³-hybridized carbons (Fsp3) is 0.353. The number of carbonyl (C=O) groups excluding carboxylic acids is 2. The molecule has 0 bridgehead atoms. The average molecular weight is 350 g/mol. The Labute approximate surface area is 144 Å². The minimum Gasteiger partial charge on any atom is -0.359 e. The fourth-order valence-corrected chi connectivity index (χ4v) is 2.37. The fourth-order valence-electron chi connectivity index (χ4n) is 2.37. The van der Waals surface area contributed by atoms with Crippen molar-refractivity contribution in [1.29, 1.82) is 0 Å². The highest BCUT2D eigenvalue weighted by atomic mass is 19.3. The first kappa shape index (κ1) is 18.6. The first-order valence-corrected chi connectivity index (χ1v) is 7.74. The molecular formula is C17H20F2N4O2. The lowest BCUT2D eigenvalue weighted by molar-refractivity contribution is -0.120. The Balaban J connectivity index is 2.11. The molecule has 1 N–H and O–H groups in total. The van der Waals surface area contributed by atoms with Crippen LogP contribution in [-0.4, -0.2) is 47.1 Å². The highest BCUT2D eigenvalue weighted by molar-refractivity contribution is 5.94. The average Bonchev–Trinajstić information content (AvgIpc) is 3.00. The molecule has 2 rings (SSSR count). The third-order valence-electron chi connectivity index (χ3n) is 3.86. The topological polar surface area (TPSA) is 67.2 Å². The Morgan fingerprint density at radius 3 is 2.44 bits per heavy atom. The molecule has 0 aliphatic rings. The molecule has 25 heavy (non-hydrogen) atoms. The van der Waals surface area contributed by atoms with Crippen LogP contribution in [0.5, 0.6) is 0 Å². The van der Waals surface area contributed by atoms with Gasteiger partial charge in [-0.3, -0.25) is 9.59 Å². The van der Waals surface area contributed by atoms with Gasteiger partial charge in [0.15, 0.2) is 0 Å². The van der Waals surface area contributed by atoms with Crippen LogP contribution in [0.15, 0.2) is 30.5 Å². The van der Waals surface area contributed by atoms with Crippen molar-refractivity contribution in [3.8, 4) is 11.1 Å². The van der Waals surface area contributed by atoms with Crippen LogP contribution in [-0.2, 0) is 4.79 Å². The monoisotopic (exact) mass is 350 g/mol. The molecule has 0 aliphatic heterocycles. The van der Waals surface area contributed by atoms with E-state index in [0.717, 1.165) is 0 Å². The van der Waals surface area contributed by atoms with Gasteiger partial charge in [0.1, 0.15) is 0 Å². The molecule has 6 nitrogen and oxygen atoms in total. The third kappa shape index (κ3) is 4.40. The molecule has 0 atom stereocenters. The molecule has 1 heterocycles. The number of amides is 2. The van der Waals surface area contributed by atoms with Gasteiger partial charge in [-0.25, -0.2) is 4.68 Å². The van der Waals surface area contributed by atoms with Crippen LogP contribution in [0.25, 0.3) is 11.1 Å². The van der Waals surface area contributed by atoms with E-state index in [1.54, 1.807) is 45.3 Å². The summed E-state index contributed by atoms with van der Waals surface area (Å²) in [6.45, 7) is -0.734. The largest absolute Gasteiger partial charge is 0.359 e. The van der Waals surface area contributed by atoms with E-state index in [4.69, 9.17) is 0 Å². The number of halogens is 2. The van der Waals surface area contributed by atoms with Gasteiger partial charge in [-0.15, -0.1) is 0 Å². The van der Waals surface area contributed by atoms with Crippen LogP contribution in [0.2, 0.25) is 0 Å². The van der Waals surface area contributed by atoms with Crippen molar-refractivity contribution < 1.29 is 18.4 Å². The summed E-state index contributed by atoms with van der Waals surface area (Å²) in [6.07, 6.45) is 1.51. The van der Waals surface area contributed by atoms with E-state index in [9.17, 15) is 18.4 Å². The summed E-state index contributed by atoms with van der Waals surface area (Å²) >= 11 is 0. The second kappa shape index (κ2) is 7.87. The summed E-state index contributed by atoms with van der Waals surface area (Å²) in [6, 6.07) is 6.65. The Morgan fingerprint density at radius 1 is 1.28 bits per heavy atom. The molecular weight excluding hydrogens is 330 g/mol. The molecule has 0 saturated carbocycles. The standard InChI is InChI=1S/C17H20F2N4O2/c1-11-14(10-23(21-11)17(18)19)12-4-6-13(7-5-12)16(25)22(3)9-8-15(24)20-2/h4-7,10,17H,8-9H2,1-3H3,(H,20,24). The molecule has 0 unspecified atom stereocenters. The van der Waals surface area contributed by atoms with Crippen molar-refractivity contribution in [2.75, 3.05) is 20.6 Å². The molecule has 134 valence electrons. The van der Waals surface area contributed by atoms with Gasteiger partial charge in [0.05, 0.1) is 5.69 Å². The van der Waals surface area contributed by atoms with Gasteiger partial charge < -0.3 is 10.2 Å². The summed E-state index contributed by atoms with van der Waals surface area (Å²) < 4.78 is 26.0. The summed E-state index contributed by atoms with van der Waals surface area (Å²) in [5.41, 5.74) is 2.24. The van der Waals surface area contributed by atoms with Gasteiger partial charge in [-0.1, -0.05) is 12.1 Å². The maximum atomic E-state index is 12.7. The zero-order chi connectivity index (χ0) is 18.6. The number of carbonyl (C=O) groups is 2. The zero-order valence-corrected chi connectivity index (χ0v) is 14.3. The summed E-state index contributed by atoms with van der Waals surface area (Å²) in [5, 5.41) is 6.28. The SMILES string of the molecule is CNC(=O)CCN(C)C(=O)c1ccc(-c2cn(C(F)F)nc2C)cc1. The minimum atomic E-state index is -2.69. The molecule has 2 aromatic rings. The normalized spacial score (nSPS) is 10.8. The molecule has 0 spiro atoms. The highest BCUT2D eigenvalue weighted by Crippen LogP contribution is 2.25. The van der Waals surface area contributed by atoms with Crippen LogP contribution in [0.3, 0.4) is 0 Å². The second-order valence-electron chi connectivity index (χ2n) is 5.61. The van der Waals surface area contributed by atoms with E-state index in [-0.39, 0.29) is 18.2 Å². The maximum absolute atomic E-state index is 12.7. The number of benzene rings is 1. The smallest absolute Gasteiger partial charge is 0.333 e. The Bertz CT molecular complexity index is 757. The predicted molar refractivity (Wildman–Crippen MR) is 89.3 cm³/mol. The molecule has 1 aromatic carbocycles. The van der Waals surface area contributed by atoms with Crippen molar-refractivity contribution in [3.05, 3.63) is 41.7 Å². The Morgan fingerprint density at radius 2 is 1.92 bits per heavy atom. The van der Waals surface area contributed by atoms with E-state index >= 15 is 0 Å². The number of aromatic nitrogens is 2. The van der Waals surface area contributed by atoms with E-state index in [2.05, 4.69) is 10.4 Å². The minimum absolute atomic E-state index is 0.137. The van der Waals surface area contributed by atoms with Crippen LogP contribution >= 0.6 is 0 Å². The van der Waals surface area contributed by atoms with E-state index in [1.807, 2.05) is 0 Å². The van der Waals surface area contributed by atoms with Gasteiger partial charge in [-0.05, 0) is 24.6 Å². The van der Waals surface area contributed by atoms with Crippen molar-refractivity contribution >= 4 is 11.8 Å². The molecule has 0 saturated heterocycles. The molecule has 1 aromatic heterocycles. The second-order valence-corrected chi connectivity index (χ2v) is 5.61. The lowest BCUT2D eigenvalue weighted by Gasteiger charge is -2.16. The van der Waals surface area contributed by atoms with Gasteiger partial charge >= 0.3 is 6.55 Å². The van der Waals surface area contributed by atoms with Crippen LogP contribution in [0.1, 0.15) is 29.0 Å². The maximum Gasteiger partial charge on any atom is 0.333 e. The van der Waals surface area contributed by atoms with E-state index in [0.29, 0.717) is 33.6 Å². The number of aryl methyl sites for hydroxylation is 1. The van der Waals surface area contributed by atoms with Gasteiger partial charge in [-0.2, -0.15) is 13.9 Å². The Hall–Kier alpha value is -2.77. The van der Waals surface area contributed by atoms with E-state index in [1.165, 1.54) is 11.1 Å². The van der Waals surface area contributed by atoms with Crippen LogP contribution in [0.4, 0.5) is 8.78 Å². The summed E-state index contributed by atoms with van der Waals surface area (Å²) in [4.78, 5) is 25.0. The molecule has 8 heteroatoms.